The summed E-state index contributed by atoms with van der Waals surface area (Å²) in [7, 11) is 1.41. The van der Waals surface area contributed by atoms with E-state index < -0.39 is 11.6 Å². The van der Waals surface area contributed by atoms with Gasteiger partial charge in [-0.3, -0.25) is 0 Å². The fourth-order valence-electron chi connectivity index (χ4n) is 1.58. The Balaban J connectivity index is 2.54. The second-order valence-corrected chi connectivity index (χ2v) is 3.49. The normalized spacial score (nSPS) is 10.3. The van der Waals surface area contributed by atoms with Crippen molar-refractivity contribution in [3.05, 3.63) is 48.0 Å². The zero-order valence-corrected chi connectivity index (χ0v) is 9.08. The fourth-order valence-corrected chi connectivity index (χ4v) is 1.58. The second kappa shape index (κ2) is 4.41. The Morgan fingerprint density at radius 1 is 1.12 bits per heavy atom. The van der Waals surface area contributed by atoms with Crippen LogP contribution < -0.4 is 4.74 Å². The molecule has 2 nitrogen and oxygen atoms in total. The number of ether oxygens (including phenoxy) is 1. The van der Waals surface area contributed by atoms with Crippen LogP contribution in [0.1, 0.15) is 0 Å². The van der Waals surface area contributed by atoms with Crippen LogP contribution in [0.15, 0.2) is 36.4 Å². The predicted octanol–water partition coefficient (Wildman–Crippen LogP) is 3.35. The van der Waals surface area contributed by atoms with Gasteiger partial charge in [-0.05, 0) is 23.8 Å². The molecule has 0 unspecified atom stereocenters. The molecule has 17 heavy (non-hydrogen) atoms. The van der Waals surface area contributed by atoms with Gasteiger partial charge in [0.25, 0.3) is 0 Å². The number of aromatic hydroxyl groups is 1. The first-order valence-electron chi connectivity index (χ1n) is 4.95. The average molecular weight is 236 g/mol. The quantitative estimate of drug-likeness (QED) is 0.866. The summed E-state index contributed by atoms with van der Waals surface area (Å²) < 4.78 is 31.4. The molecule has 0 aromatic heterocycles. The molecule has 0 radical (unpaired) electrons. The van der Waals surface area contributed by atoms with Crippen LogP contribution in [0.2, 0.25) is 0 Å². The highest BCUT2D eigenvalue weighted by Crippen LogP contribution is 2.32. The predicted molar refractivity (Wildman–Crippen MR) is 60.0 cm³/mol. The van der Waals surface area contributed by atoms with Crippen LogP contribution >= 0.6 is 0 Å². The highest BCUT2D eigenvalue weighted by atomic mass is 19.2. The smallest absolute Gasteiger partial charge is 0.166 e. The van der Waals surface area contributed by atoms with Gasteiger partial charge in [-0.15, -0.1) is 0 Å². The molecule has 0 aliphatic heterocycles. The van der Waals surface area contributed by atoms with E-state index >= 15 is 0 Å². The lowest BCUT2D eigenvalue weighted by Gasteiger charge is -2.07. The minimum atomic E-state index is -0.933. The Morgan fingerprint density at radius 2 is 1.88 bits per heavy atom. The van der Waals surface area contributed by atoms with Crippen molar-refractivity contribution in [3.8, 4) is 22.6 Å². The van der Waals surface area contributed by atoms with Crippen LogP contribution in [0.4, 0.5) is 8.78 Å². The molecule has 4 heteroatoms. The van der Waals surface area contributed by atoms with Crippen molar-refractivity contribution < 1.29 is 18.6 Å². The van der Waals surface area contributed by atoms with Crippen molar-refractivity contribution in [2.24, 2.45) is 0 Å². The van der Waals surface area contributed by atoms with Crippen molar-refractivity contribution in [1.29, 1.82) is 0 Å². The van der Waals surface area contributed by atoms with Gasteiger partial charge >= 0.3 is 0 Å². The zero-order valence-electron chi connectivity index (χ0n) is 9.08. The number of hydrogen-bond donors (Lipinski definition) is 1. The van der Waals surface area contributed by atoms with Crippen molar-refractivity contribution in [3.63, 3.8) is 0 Å². The molecular weight excluding hydrogens is 226 g/mol. The standard InChI is InChI=1S/C13H10F2O2/c1-17-12-6-5-8(7-11(12)16)9-3-2-4-10(14)13(9)15/h2-7,16H,1H3. The van der Waals surface area contributed by atoms with E-state index in [0.29, 0.717) is 5.56 Å². The maximum Gasteiger partial charge on any atom is 0.166 e. The summed E-state index contributed by atoms with van der Waals surface area (Å²) in [4.78, 5) is 0. The van der Waals surface area contributed by atoms with Crippen LogP contribution in [0.3, 0.4) is 0 Å². The maximum absolute atomic E-state index is 13.5. The summed E-state index contributed by atoms with van der Waals surface area (Å²) in [5.74, 6) is -1.69. The van der Waals surface area contributed by atoms with Gasteiger partial charge in [0.15, 0.2) is 23.1 Å². The average Bonchev–Trinajstić information content (AvgIpc) is 2.32. The molecule has 0 fully saturated rings. The molecule has 0 saturated heterocycles. The lowest BCUT2D eigenvalue weighted by molar-refractivity contribution is 0.373. The molecule has 0 heterocycles. The van der Waals surface area contributed by atoms with Crippen molar-refractivity contribution in [2.45, 2.75) is 0 Å². The number of phenols is 1. The molecule has 2 aromatic rings. The number of halogens is 2. The topological polar surface area (TPSA) is 29.5 Å². The first-order valence-corrected chi connectivity index (χ1v) is 4.95. The molecule has 1 N–H and O–H groups in total. The van der Waals surface area contributed by atoms with Gasteiger partial charge in [0.1, 0.15) is 0 Å². The van der Waals surface area contributed by atoms with Gasteiger partial charge in [0.2, 0.25) is 0 Å². The molecule has 0 amide bonds. The Labute approximate surface area is 97.1 Å². The van der Waals surface area contributed by atoms with Gasteiger partial charge < -0.3 is 9.84 Å². The lowest BCUT2D eigenvalue weighted by atomic mass is 10.0. The Bertz CT molecular complexity index is 553. The van der Waals surface area contributed by atoms with E-state index in [9.17, 15) is 13.9 Å². The van der Waals surface area contributed by atoms with Crippen molar-refractivity contribution in [1.82, 2.24) is 0 Å². The van der Waals surface area contributed by atoms with E-state index in [1.807, 2.05) is 0 Å². The number of hydrogen-bond acceptors (Lipinski definition) is 2. The van der Waals surface area contributed by atoms with Crippen LogP contribution in [-0.2, 0) is 0 Å². The minimum Gasteiger partial charge on any atom is -0.504 e. The summed E-state index contributed by atoms with van der Waals surface area (Å²) in [6.45, 7) is 0. The molecule has 0 saturated carbocycles. The van der Waals surface area contributed by atoms with Gasteiger partial charge in [-0.2, -0.15) is 0 Å². The third kappa shape index (κ3) is 2.06. The Hall–Kier alpha value is -2.10. The lowest BCUT2D eigenvalue weighted by Crippen LogP contribution is -1.90. The first-order chi connectivity index (χ1) is 8.13. The van der Waals surface area contributed by atoms with Crippen LogP contribution in [-0.4, -0.2) is 12.2 Å². The molecule has 0 spiro atoms. The molecule has 0 atom stereocenters. The molecular formula is C13H10F2O2. The van der Waals surface area contributed by atoms with E-state index in [2.05, 4.69) is 0 Å². The monoisotopic (exact) mass is 236 g/mol. The van der Waals surface area contributed by atoms with Gasteiger partial charge in [0, 0.05) is 5.56 Å². The first kappa shape index (κ1) is 11.4. The summed E-state index contributed by atoms with van der Waals surface area (Å²) in [6, 6.07) is 8.28. The van der Waals surface area contributed by atoms with Crippen molar-refractivity contribution in [2.75, 3.05) is 7.11 Å². The summed E-state index contributed by atoms with van der Waals surface area (Å²) in [5, 5.41) is 9.57. The Kier molecular flexibility index (Phi) is 2.95. The van der Waals surface area contributed by atoms with Gasteiger partial charge in [0.05, 0.1) is 7.11 Å². The third-order valence-corrected chi connectivity index (χ3v) is 2.44. The van der Waals surface area contributed by atoms with Crippen LogP contribution in [0.5, 0.6) is 11.5 Å². The zero-order chi connectivity index (χ0) is 12.4. The largest absolute Gasteiger partial charge is 0.504 e. The number of methoxy groups -OCH3 is 1. The highest BCUT2D eigenvalue weighted by molar-refractivity contribution is 5.67. The molecule has 0 bridgehead atoms. The third-order valence-electron chi connectivity index (χ3n) is 2.44. The fraction of sp³-hybridized carbons (Fsp3) is 0.0769. The van der Waals surface area contributed by atoms with E-state index in [0.717, 1.165) is 6.07 Å². The number of benzene rings is 2. The summed E-state index contributed by atoms with van der Waals surface area (Å²) in [6.07, 6.45) is 0. The van der Waals surface area contributed by atoms with Gasteiger partial charge in [-0.25, -0.2) is 8.78 Å². The number of phenolic OH excluding ortho intramolecular Hbond substituents is 1. The Morgan fingerprint density at radius 3 is 2.53 bits per heavy atom. The number of rotatable bonds is 2. The molecule has 2 aromatic carbocycles. The maximum atomic E-state index is 13.5. The molecule has 88 valence electrons. The summed E-state index contributed by atoms with van der Waals surface area (Å²) in [5.41, 5.74) is 0.489. The van der Waals surface area contributed by atoms with E-state index in [1.54, 1.807) is 6.07 Å². The van der Waals surface area contributed by atoms with Crippen LogP contribution in [0, 0.1) is 11.6 Å². The SMILES string of the molecule is COc1ccc(-c2cccc(F)c2F)cc1O. The highest BCUT2D eigenvalue weighted by Gasteiger charge is 2.11. The summed E-state index contributed by atoms with van der Waals surface area (Å²) >= 11 is 0. The molecule has 0 aliphatic rings. The molecule has 2 rings (SSSR count). The minimum absolute atomic E-state index is 0.1000. The van der Waals surface area contributed by atoms with E-state index in [-0.39, 0.29) is 17.1 Å². The van der Waals surface area contributed by atoms with Crippen LogP contribution in [0.25, 0.3) is 11.1 Å². The van der Waals surface area contributed by atoms with E-state index in [1.165, 1.54) is 31.4 Å². The van der Waals surface area contributed by atoms with Gasteiger partial charge in [-0.1, -0.05) is 18.2 Å². The second-order valence-electron chi connectivity index (χ2n) is 3.49. The van der Waals surface area contributed by atoms with E-state index in [4.69, 9.17) is 4.74 Å². The molecule has 0 aliphatic carbocycles. The van der Waals surface area contributed by atoms with Crippen molar-refractivity contribution >= 4 is 0 Å².